The molecule has 0 radical (unpaired) electrons. The molecule has 5 nitrogen and oxygen atoms in total. The summed E-state index contributed by atoms with van der Waals surface area (Å²) < 4.78 is 15.3. The average Bonchev–Trinajstić information content (AvgIpc) is 3.34. The lowest BCUT2D eigenvalue weighted by molar-refractivity contribution is 0.102. The molecule has 0 saturated carbocycles. The molecule has 1 aromatic carbocycles. The summed E-state index contributed by atoms with van der Waals surface area (Å²) in [5, 5.41) is 1.23. The molecule has 0 aliphatic heterocycles. The minimum atomic E-state index is -0.240. The van der Waals surface area contributed by atoms with Crippen LogP contribution in [0, 0.1) is 19.7 Å². The van der Waals surface area contributed by atoms with Crippen molar-refractivity contribution in [2.45, 2.75) is 57.7 Å². The van der Waals surface area contributed by atoms with Crippen molar-refractivity contribution in [2.24, 2.45) is 0 Å². The van der Waals surface area contributed by atoms with E-state index in [4.69, 9.17) is 0 Å². The molecule has 3 aromatic heterocycles. The Hall–Kier alpha value is -2.71. The molecular weight excluding hydrogens is 469 g/mol. The molecule has 5 rings (SSSR count). The number of nitrogens with one attached hydrogen (secondary N) is 1. The summed E-state index contributed by atoms with van der Waals surface area (Å²) in [4.78, 5) is 35.4. The van der Waals surface area contributed by atoms with Crippen LogP contribution in [-0.4, -0.2) is 26.1 Å². The zero-order chi connectivity index (χ0) is 23.8. The summed E-state index contributed by atoms with van der Waals surface area (Å²) in [6, 6.07) is 8.45. The van der Waals surface area contributed by atoms with Crippen LogP contribution in [-0.2, 0) is 25.8 Å². The number of thioether (sulfide) groups is 1. The van der Waals surface area contributed by atoms with Gasteiger partial charge in [0.2, 0.25) is 0 Å². The number of carbonyl (C=O) groups excluding carboxylic acids is 1. The van der Waals surface area contributed by atoms with Crippen LogP contribution in [0.15, 0.2) is 40.3 Å². The molecule has 0 atom stereocenters. The molecule has 1 N–H and O–H groups in total. The van der Waals surface area contributed by atoms with Crippen LogP contribution in [0.1, 0.15) is 50.6 Å². The Bertz CT molecular complexity index is 1430. The number of aromatic nitrogens is 3. The molecule has 0 fully saturated rings. The van der Waals surface area contributed by atoms with Gasteiger partial charge in [-0.1, -0.05) is 23.9 Å². The number of fused-ring (bicyclic) bond motifs is 3. The number of Topliss-reactive ketones (excluding diaryl/α,β-unsaturated/α-hetero) is 1. The number of carbonyl (C=O) groups is 1. The van der Waals surface area contributed by atoms with Gasteiger partial charge in [0, 0.05) is 28.4 Å². The highest BCUT2D eigenvalue weighted by molar-refractivity contribution is 7.99. The quantitative estimate of drug-likeness (QED) is 0.205. The Morgan fingerprint density at radius 1 is 1.21 bits per heavy atom. The van der Waals surface area contributed by atoms with Crippen LogP contribution in [0.25, 0.3) is 10.2 Å². The predicted molar refractivity (Wildman–Crippen MR) is 136 cm³/mol. The number of ketones is 1. The van der Waals surface area contributed by atoms with Crippen molar-refractivity contribution in [2.75, 3.05) is 5.75 Å². The Morgan fingerprint density at radius 2 is 1.97 bits per heavy atom. The van der Waals surface area contributed by atoms with Gasteiger partial charge < -0.3 is 9.55 Å². The van der Waals surface area contributed by atoms with Gasteiger partial charge in [0.15, 0.2) is 10.9 Å². The van der Waals surface area contributed by atoms with Gasteiger partial charge in [-0.3, -0.25) is 9.59 Å². The summed E-state index contributed by atoms with van der Waals surface area (Å²) in [5.74, 6) is -0.0163. The second-order valence-corrected chi connectivity index (χ2v) is 10.8. The molecule has 176 valence electrons. The lowest BCUT2D eigenvalue weighted by atomic mass is 9.97. The molecule has 3 heterocycles. The molecule has 8 heteroatoms. The van der Waals surface area contributed by atoms with Crippen molar-refractivity contribution < 1.29 is 9.18 Å². The van der Waals surface area contributed by atoms with Gasteiger partial charge >= 0.3 is 0 Å². The summed E-state index contributed by atoms with van der Waals surface area (Å²) in [6.07, 6.45) is 5.01. The molecule has 0 saturated heterocycles. The van der Waals surface area contributed by atoms with Gasteiger partial charge in [-0.05, 0) is 75.3 Å². The monoisotopic (exact) mass is 495 g/mol. The molecule has 34 heavy (non-hydrogen) atoms. The third kappa shape index (κ3) is 4.49. The number of benzene rings is 1. The smallest absolute Gasteiger partial charge is 0.260 e. The van der Waals surface area contributed by atoms with Crippen molar-refractivity contribution in [1.29, 1.82) is 0 Å². The Morgan fingerprint density at radius 3 is 2.76 bits per heavy atom. The van der Waals surface area contributed by atoms with Gasteiger partial charge in [-0.2, -0.15) is 0 Å². The molecule has 0 spiro atoms. The normalized spacial score (nSPS) is 13.4. The Kier molecular flexibility index (Phi) is 6.44. The van der Waals surface area contributed by atoms with Crippen LogP contribution in [0.3, 0.4) is 0 Å². The van der Waals surface area contributed by atoms with E-state index in [2.05, 4.69) is 14.5 Å². The van der Waals surface area contributed by atoms with Crippen LogP contribution in [0.2, 0.25) is 0 Å². The fourth-order valence-electron chi connectivity index (χ4n) is 4.74. The van der Waals surface area contributed by atoms with E-state index >= 15 is 0 Å². The predicted octanol–water partition coefficient (Wildman–Crippen LogP) is 5.64. The maximum atomic E-state index is 13.2. The first kappa shape index (κ1) is 23.1. The van der Waals surface area contributed by atoms with Crippen LogP contribution >= 0.6 is 23.1 Å². The number of nitrogens with zero attached hydrogens (tertiary/aromatic N) is 2. The second-order valence-electron chi connectivity index (χ2n) is 8.79. The highest BCUT2D eigenvalue weighted by Gasteiger charge is 2.21. The van der Waals surface area contributed by atoms with Crippen molar-refractivity contribution in [1.82, 2.24) is 14.5 Å². The van der Waals surface area contributed by atoms with E-state index in [0.717, 1.165) is 65.8 Å². The number of hydrogen-bond acceptors (Lipinski definition) is 5. The first-order chi connectivity index (χ1) is 16.4. The van der Waals surface area contributed by atoms with Crippen LogP contribution in [0.5, 0.6) is 0 Å². The number of thiophene rings is 1. The van der Waals surface area contributed by atoms with Gasteiger partial charge in [-0.15, -0.1) is 11.3 Å². The summed E-state index contributed by atoms with van der Waals surface area (Å²) in [6.45, 7) is 4.67. The molecule has 0 amide bonds. The minimum absolute atomic E-state index is 0.0133. The van der Waals surface area contributed by atoms with E-state index in [9.17, 15) is 14.0 Å². The summed E-state index contributed by atoms with van der Waals surface area (Å²) in [5.41, 5.74) is 4.76. The number of halogens is 1. The molecular formula is C26H26FN3O2S2. The average molecular weight is 496 g/mol. The van der Waals surface area contributed by atoms with Gasteiger partial charge in [0.25, 0.3) is 5.56 Å². The van der Waals surface area contributed by atoms with E-state index in [-0.39, 0.29) is 22.9 Å². The number of hydrogen-bond donors (Lipinski definition) is 1. The van der Waals surface area contributed by atoms with E-state index in [1.165, 1.54) is 34.3 Å². The Labute approximate surface area is 205 Å². The number of aryl methyl sites for hydroxylation is 4. The van der Waals surface area contributed by atoms with E-state index in [1.54, 1.807) is 23.5 Å². The van der Waals surface area contributed by atoms with Gasteiger partial charge in [0.05, 0.1) is 11.1 Å². The standard InChI is InChI=1S/C26H26FN3O2S2/c1-15-13-20(16(2)30(15)12-11-17-7-9-18(27)10-8-17)21(31)14-33-26-28-24(32)23-19-5-3-4-6-22(19)34-25(23)29-26/h7-10,13H,3-6,11-12,14H2,1-2H3,(H,28,29,32). The largest absolute Gasteiger partial charge is 0.348 e. The number of aromatic amines is 1. The fourth-order valence-corrected chi connectivity index (χ4v) is 6.81. The highest BCUT2D eigenvalue weighted by Crippen LogP contribution is 2.34. The van der Waals surface area contributed by atoms with Crippen molar-refractivity contribution in [3.05, 3.63) is 79.5 Å². The molecule has 0 unspecified atom stereocenters. The number of rotatable bonds is 7. The fraction of sp³-hybridized carbons (Fsp3) is 0.346. The van der Waals surface area contributed by atoms with Crippen LogP contribution < -0.4 is 5.56 Å². The zero-order valence-corrected chi connectivity index (χ0v) is 20.9. The van der Waals surface area contributed by atoms with E-state index in [0.29, 0.717) is 10.7 Å². The topological polar surface area (TPSA) is 67.8 Å². The summed E-state index contributed by atoms with van der Waals surface area (Å²) >= 11 is 2.90. The third-order valence-electron chi connectivity index (χ3n) is 6.55. The van der Waals surface area contributed by atoms with Gasteiger partial charge in [0.1, 0.15) is 10.6 Å². The lowest BCUT2D eigenvalue weighted by Crippen LogP contribution is -2.12. The number of H-pyrrole nitrogens is 1. The van der Waals surface area contributed by atoms with E-state index < -0.39 is 0 Å². The van der Waals surface area contributed by atoms with Crippen molar-refractivity contribution in [3.8, 4) is 0 Å². The maximum absolute atomic E-state index is 13.2. The summed E-state index contributed by atoms with van der Waals surface area (Å²) in [7, 11) is 0. The minimum Gasteiger partial charge on any atom is -0.348 e. The zero-order valence-electron chi connectivity index (χ0n) is 19.2. The highest BCUT2D eigenvalue weighted by atomic mass is 32.2. The second kappa shape index (κ2) is 9.50. The van der Waals surface area contributed by atoms with Crippen molar-refractivity contribution >= 4 is 39.1 Å². The third-order valence-corrected chi connectivity index (χ3v) is 8.61. The van der Waals surface area contributed by atoms with E-state index in [1.807, 2.05) is 19.9 Å². The maximum Gasteiger partial charge on any atom is 0.260 e. The molecule has 0 bridgehead atoms. The first-order valence-electron chi connectivity index (χ1n) is 11.5. The van der Waals surface area contributed by atoms with Crippen molar-refractivity contribution in [3.63, 3.8) is 0 Å². The van der Waals surface area contributed by atoms with Crippen LogP contribution in [0.4, 0.5) is 4.39 Å². The SMILES string of the molecule is Cc1cc(C(=O)CSc2nc3sc4c(c3c(=O)[nH]2)CCCC4)c(C)n1CCc1ccc(F)cc1. The lowest BCUT2D eigenvalue weighted by Gasteiger charge is -2.10. The van der Waals surface area contributed by atoms with Gasteiger partial charge in [-0.25, -0.2) is 9.37 Å². The molecule has 4 aromatic rings. The molecule has 1 aliphatic carbocycles. The first-order valence-corrected chi connectivity index (χ1v) is 13.3. The molecule has 1 aliphatic rings. The Balaban J connectivity index is 1.29.